The predicted molar refractivity (Wildman–Crippen MR) is 132 cm³/mol. The van der Waals surface area contributed by atoms with Gasteiger partial charge >= 0.3 is 0 Å². The van der Waals surface area contributed by atoms with Gasteiger partial charge in [-0.25, -0.2) is 0 Å². The van der Waals surface area contributed by atoms with Crippen LogP contribution in [0.5, 0.6) is 5.75 Å². The minimum atomic E-state index is 0.346. The van der Waals surface area contributed by atoms with Gasteiger partial charge in [-0.3, -0.25) is 4.68 Å². The first-order chi connectivity index (χ1) is 16.7. The van der Waals surface area contributed by atoms with E-state index in [1.165, 1.54) is 19.3 Å². The maximum absolute atomic E-state index is 9.59. The van der Waals surface area contributed by atoms with Gasteiger partial charge in [0.25, 0.3) is 0 Å². The molecule has 9 nitrogen and oxygen atoms in total. The summed E-state index contributed by atoms with van der Waals surface area (Å²) >= 11 is 0. The Hall–Kier alpha value is -4.06. The van der Waals surface area contributed by atoms with Crippen LogP contribution >= 0.6 is 0 Å². The number of nitriles is 1. The molecule has 1 aromatic carbocycles. The maximum atomic E-state index is 9.59. The quantitative estimate of drug-likeness (QED) is 0.353. The van der Waals surface area contributed by atoms with Crippen LogP contribution in [0.4, 0.5) is 17.5 Å². The molecule has 1 saturated carbocycles. The lowest BCUT2D eigenvalue weighted by Gasteiger charge is -2.24. The van der Waals surface area contributed by atoms with E-state index in [2.05, 4.69) is 31.8 Å². The number of aromatic amines is 1. The van der Waals surface area contributed by atoms with Crippen molar-refractivity contribution >= 4 is 28.5 Å². The van der Waals surface area contributed by atoms with Gasteiger partial charge in [0.2, 0.25) is 5.95 Å². The number of rotatable bonds is 7. The number of nitrogens with zero attached hydrogens (tertiary/aromatic N) is 5. The van der Waals surface area contributed by atoms with E-state index in [0.29, 0.717) is 41.4 Å². The van der Waals surface area contributed by atoms with Crippen LogP contribution in [0.2, 0.25) is 0 Å². The van der Waals surface area contributed by atoms with Gasteiger partial charge in [-0.1, -0.05) is 25.3 Å². The van der Waals surface area contributed by atoms with E-state index >= 15 is 0 Å². The van der Waals surface area contributed by atoms with Gasteiger partial charge < -0.3 is 20.4 Å². The highest BCUT2D eigenvalue weighted by Gasteiger charge is 2.20. The molecule has 174 valence electrons. The molecule has 0 radical (unpaired) electrons. The number of hydrogen-bond acceptors (Lipinski definition) is 7. The van der Waals surface area contributed by atoms with E-state index in [4.69, 9.17) is 9.72 Å². The summed E-state index contributed by atoms with van der Waals surface area (Å²) in [6, 6.07) is 10.5. The molecule has 0 atom stereocenters. The van der Waals surface area contributed by atoms with Gasteiger partial charge in [0.1, 0.15) is 23.3 Å². The van der Waals surface area contributed by atoms with Crippen LogP contribution < -0.4 is 15.4 Å². The average Bonchev–Trinajstić information content (AvgIpc) is 3.47. The Morgan fingerprint density at radius 1 is 1.21 bits per heavy atom. The summed E-state index contributed by atoms with van der Waals surface area (Å²) in [6.45, 7) is 2.48. The molecular formula is C25H28N8O. The Morgan fingerprint density at radius 3 is 2.79 bits per heavy atom. The summed E-state index contributed by atoms with van der Waals surface area (Å²) in [7, 11) is 1.91. The highest BCUT2D eigenvalue weighted by molar-refractivity contribution is 5.93. The van der Waals surface area contributed by atoms with Gasteiger partial charge in [-0.15, -0.1) is 0 Å². The van der Waals surface area contributed by atoms with E-state index in [1.807, 2.05) is 42.9 Å². The highest BCUT2D eigenvalue weighted by atomic mass is 16.5. The summed E-state index contributed by atoms with van der Waals surface area (Å²) in [5, 5.41) is 21.5. The molecule has 0 amide bonds. The predicted octanol–water partition coefficient (Wildman–Crippen LogP) is 5.12. The van der Waals surface area contributed by atoms with Gasteiger partial charge in [0.05, 0.1) is 28.9 Å². The van der Waals surface area contributed by atoms with Crippen molar-refractivity contribution in [3.05, 3.63) is 42.2 Å². The van der Waals surface area contributed by atoms with Crippen LogP contribution in [-0.2, 0) is 7.05 Å². The molecule has 34 heavy (non-hydrogen) atoms. The summed E-state index contributed by atoms with van der Waals surface area (Å²) in [4.78, 5) is 12.5. The van der Waals surface area contributed by atoms with E-state index in [9.17, 15) is 5.26 Å². The van der Waals surface area contributed by atoms with Crippen LogP contribution in [0.1, 0.15) is 44.6 Å². The first-order valence-corrected chi connectivity index (χ1v) is 11.7. The molecule has 3 heterocycles. The lowest BCUT2D eigenvalue weighted by molar-refractivity contribution is 0.342. The summed E-state index contributed by atoms with van der Waals surface area (Å²) in [6.07, 6.45) is 9.34. The molecule has 3 aromatic heterocycles. The van der Waals surface area contributed by atoms with E-state index in [-0.39, 0.29) is 0 Å². The fourth-order valence-corrected chi connectivity index (χ4v) is 4.56. The standard InChI is InChI=1S/C25H28N8O/c1-3-34-21-13-16(20-11-12-28-33(20)2)9-10-19(21)30-25-31-23-22(17(14-26)15-27-23)24(32-25)29-18-7-5-4-6-8-18/h9-13,15,18H,3-8H2,1-2H3,(H3,27,29,30,31,32). The summed E-state index contributed by atoms with van der Waals surface area (Å²) in [5.74, 6) is 1.82. The van der Waals surface area contributed by atoms with Crippen LogP contribution in [0.3, 0.4) is 0 Å². The minimum Gasteiger partial charge on any atom is -0.492 e. The van der Waals surface area contributed by atoms with Crippen molar-refractivity contribution in [2.45, 2.75) is 45.1 Å². The molecule has 0 saturated heterocycles. The number of fused-ring (bicyclic) bond motifs is 1. The number of aryl methyl sites for hydroxylation is 1. The third-order valence-electron chi connectivity index (χ3n) is 6.24. The molecule has 4 aromatic rings. The van der Waals surface area contributed by atoms with E-state index in [0.717, 1.165) is 35.2 Å². The summed E-state index contributed by atoms with van der Waals surface area (Å²) in [5.41, 5.74) is 3.93. The largest absolute Gasteiger partial charge is 0.492 e. The molecular weight excluding hydrogens is 428 g/mol. The average molecular weight is 457 g/mol. The number of hydrogen-bond donors (Lipinski definition) is 3. The molecule has 5 rings (SSSR count). The lowest BCUT2D eigenvalue weighted by atomic mass is 9.95. The van der Waals surface area contributed by atoms with Crippen molar-refractivity contribution in [3.63, 3.8) is 0 Å². The molecule has 1 aliphatic carbocycles. The van der Waals surface area contributed by atoms with Crippen LogP contribution in [0, 0.1) is 11.3 Å². The molecule has 0 spiro atoms. The van der Waals surface area contributed by atoms with Gasteiger partial charge in [-0.05, 0) is 38.0 Å². The topological polar surface area (TPSA) is 116 Å². The number of H-pyrrole nitrogens is 1. The van der Waals surface area contributed by atoms with Crippen molar-refractivity contribution < 1.29 is 4.74 Å². The van der Waals surface area contributed by atoms with E-state index in [1.54, 1.807) is 12.4 Å². The van der Waals surface area contributed by atoms with Crippen LogP contribution in [0.15, 0.2) is 36.7 Å². The first kappa shape index (κ1) is 21.8. The third-order valence-corrected chi connectivity index (χ3v) is 6.24. The third kappa shape index (κ3) is 4.27. The number of anilines is 3. The Labute approximate surface area is 198 Å². The van der Waals surface area contributed by atoms with Gasteiger partial charge in [-0.2, -0.15) is 20.3 Å². The lowest BCUT2D eigenvalue weighted by Crippen LogP contribution is -2.23. The van der Waals surface area contributed by atoms with Crippen molar-refractivity contribution in [2.24, 2.45) is 7.05 Å². The number of aromatic nitrogens is 5. The highest BCUT2D eigenvalue weighted by Crippen LogP contribution is 2.34. The van der Waals surface area contributed by atoms with Crippen molar-refractivity contribution in [1.29, 1.82) is 5.26 Å². The number of ether oxygens (including phenoxy) is 1. The second kappa shape index (κ2) is 9.43. The van der Waals surface area contributed by atoms with Crippen molar-refractivity contribution in [2.75, 3.05) is 17.2 Å². The second-order valence-corrected chi connectivity index (χ2v) is 8.52. The minimum absolute atomic E-state index is 0.346. The molecule has 0 bridgehead atoms. The SMILES string of the molecule is CCOc1cc(-c2ccnn2C)ccc1Nc1nc(NC2CCCCC2)c2c(C#N)c[nH]c2n1. The molecule has 3 N–H and O–H groups in total. The molecule has 1 fully saturated rings. The molecule has 9 heteroatoms. The number of nitrogens with one attached hydrogen (secondary N) is 3. The Balaban J connectivity index is 1.50. The van der Waals surface area contributed by atoms with Crippen molar-refractivity contribution in [1.82, 2.24) is 24.7 Å². The normalized spacial score (nSPS) is 14.1. The monoisotopic (exact) mass is 456 g/mol. The Bertz CT molecular complexity index is 1340. The molecule has 1 aliphatic rings. The summed E-state index contributed by atoms with van der Waals surface area (Å²) < 4.78 is 7.76. The fourth-order valence-electron chi connectivity index (χ4n) is 4.56. The second-order valence-electron chi connectivity index (χ2n) is 8.52. The smallest absolute Gasteiger partial charge is 0.231 e. The Morgan fingerprint density at radius 2 is 2.06 bits per heavy atom. The van der Waals surface area contributed by atoms with E-state index < -0.39 is 0 Å². The zero-order valence-electron chi connectivity index (χ0n) is 19.4. The van der Waals surface area contributed by atoms with Crippen LogP contribution in [-0.4, -0.2) is 37.4 Å². The number of benzene rings is 1. The van der Waals surface area contributed by atoms with Crippen LogP contribution in [0.25, 0.3) is 22.3 Å². The zero-order valence-corrected chi connectivity index (χ0v) is 19.4. The first-order valence-electron chi connectivity index (χ1n) is 11.7. The molecule has 0 unspecified atom stereocenters. The van der Waals surface area contributed by atoms with Crippen molar-refractivity contribution in [3.8, 4) is 23.1 Å². The molecule has 0 aliphatic heterocycles. The Kier molecular flexibility index (Phi) is 6.04. The maximum Gasteiger partial charge on any atom is 0.231 e. The van der Waals surface area contributed by atoms with Gasteiger partial charge in [0, 0.05) is 31.0 Å². The van der Waals surface area contributed by atoms with Gasteiger partial charge in [0.15, 0.2) is 0 Å². The fraction of sp³-hybridized carbons (Fsp3) is 0.360. The zero-order chi connectivity index (χ0) is 23.5.